The van der Waals surface area contributed by atoms with Crippen molar-refractivity contribution in [1.82, 2.24) is 30.2 Å². The van der Waals surface area contributed by atoms with Gasteiger partial charge in [-0.25, -0.2) is 9.67 Å². The number of pyridine rings is 1. The van der Waals surface area contributed by atoms with E-state index >= 15 is 0 Å². The first kappa shape index (κ1) is 17.3. The number of thiophene rings is 1. The molecule has 138 valence electrons. The summed E-state index contributed by atoms with van der Waals surface area (Å²) in [7, 11) is 0. The largest absolute Gasteiger partial charge is 0.340 e. The number of nitrogens with one attached hydrogen (secondary N) is 1. The van der Waals surface area contributed by atoms with Gasteiger partial charge in [-0.15, -0.1) is 11.3 Å². The monoisotopic (exact) mass is 382 g/mol. The number of carbonyl (C=O) groups is 1. The Hall–Kier alpha value is -3.07. The van der Waals surface area contributed by atoms with Crippen molar-refractivity contribution in [3.05, 3.63) is 57.6 Å². The molecule has 4 aromatic rings. The van der Waals surface area contributed by atoms with E-state index in [4.69, 9.17) is 4.52 Å². The Morgan fingerprint density at radius 3 is 2.93 bits per heavy atom. The number of hydrogen-bond acceptors (Lipinski definition) is 7. The highest BCUT2D eigenvalue weighted by Crippen LogP contribution is 2.21. The van der Waals surface area contributed by atoms with Crippen molar-refractivity contribution in [2.45, 2.75) is 33.4 Å². The molecule has 4 aromatic heterocycles. The SMILES string of the molecule is Cc1cc(C(=O)NC(C)c2nc(C)no2)c2cnn(Cc3cccs3)c2n1. The van der Waals surface area contributed by atoms with Crippen molar-refractivity contribution in [3.63, 3.8) is 0 Å². The molecule has 0 aromatic carbocycles. The van der Waals surface area contributed by atoms with Gasteiger partial charge in [-0.05, 0) is 38.3 Å². The predicted octanol–water partition coefficient (Wildman–Crippen LogP) is 3.03. The second-order valence-corrected chi connectivity index (χ2v) is 7.34. The summed E-state index contributed by atoms with van der Waals surface area (Å²) in [6.45, 7) is 6.02. The van der Waals surface area contributed by atoms with Crippen LogP contribution in [0.25, 0.3) is 11.0 Å². The molecule has 1 amide bonds. The minimum atomic E-state index is -0.400. The highest BCUT2D eigenvalue weighted by Gasteiger charge is 2.20. The smallest absolute Gasteiger partial charge is 0.252 e. The predicted molar refractivity (Wildman–Crippen MR) is 101 cm³/mol. The zero-order valence-corrected chi connectivity index (χ0v) is 15.9. The fourth-order valence-electron chi connectivity index (χ4n) is 2.85. The average molecular weight is 382 g/mol. The Bertz CT molecular complexity index is 1100. The zero-order valence-electron chi connectivity index (χ0n) is 15.1. The van der Waals surface area contributed by atoms with Crippen molar-refractivity contribution >= 4 is 28.3 Å². The number of aromatic nitrogens is 5. The second kappa shape index (κ2) is 6.92. The first-order chi connectivity index (χ1) is 13.0. The summed E-state index contributed by atoms with van der Waals surface area (Å²) in [5.41, 5.74) is 1.97. The van der Waals surface area contributed by atoms with Crippen LogP contribution in [0.1, 0.15) is 45.6 Å². The molecule has 0 saturated heterocycles. The van der Waals surface area contributed by atoms with E-state index in [2.05, 4.69) is 31.6 Å². The molecule has 0 aliphatic heterocycles. The third kappa shape index (κ3) is 3.45. The van der Waals surface area contributed by atoms with Crippen LogP contribution in [0.3, 0.4) is 0 Å². The summed E-state index contributed by atoms with van der Waals surface area (Å²) in [4.78, 5) is 22.8. The summed E-state index contributed by atoms with van der Waals surface area (Å²) in [5, 5.41) is 13.8. The standard InChI is InChI=1S/C18H18N6O2S/c1-10-7-14(17(25)21-11(2)18-22-12(3)23-26-18)15-8-19-24(16(15)20-10)9-13-5-4-6-27-13/h4-8,11H,9H2,1-3H3,(H,21,25). The Kier molecular flexibility index (Phi) is 4.44. The van der Waals surface area contributed by atoms with Crippen LogP contribution in [-0.4, -0.2) is 30.8 Å². The lowest BCUT2D eigenvalue weighted by molar-refractivity contribution is 0.0934. The minimum Gasteiger partial charge on any atom is -0.340 e. The van der Waals surface area contributed by atoms with E-state index in [1.54, 1.807) is 37.4 Å². The summed E-state index contributed by atoms with van der Waals surface area (Å²) in [5.74, 6) is 0.670. The summed E-state index contributed by atoms with van der Waals surface area (Å²) >= 11 is 1.66. The van der Waals surface area contributed by atoms with Gasteiger partial charge in [0.25, 0.3) is 5.91 Å². The fourth-order valence-corrected chi connectivity index (χ4v) is 3.54. The third-order valence-electron chi connectivity index (χ3n) is 4.13. The molecule has 4 heterocycles. The van der Waals surface area contributed by atoms with E-state index in [-0.39, 0.29) is 5.91 Å². The molecule has 8 nitrogen and oxygen atoms in total. The Morgan fingerprint density at radius 1 is 1.37 bits per heavy atom. The van der Waals surface area contributed by atoms with Gasteiger partial charge in [-0.1, -0.05) is 11.2 Å². The van der Waals surface area contributed by atoms with Crippen molar-refractivity contribution in [2.75, 3.05) is 0 Å². The number of nitrogens with zero attached hydrogens (tertiary/aromatic N) is 5. The van der Waals surface area contributed by atoms with Crippen LogP contribution in [0.15, 0.2) is 34.3 Å². The Morgan fingerprint density at radius 2 is 2.22 bits per heavy atom. The molecule has 0 aliphatic rings. The van der Waals surface area contributed by atoms with E-state index < -0.39 is 6.04 Å². The van der Waals surface area contributed by atoms with Gasteiger partial charge in [0.1, 0.15) is 6.04 Å². The molecule has 0 aliphatic carbocycles. The molecule has 27 heavy (non-hydrogen) atoms. The molecular formula is C18H18N6O2S. The molecule has 1 atom stereocenters. The topological polar surface area (TPSA) is 98.7 Å². The van der Waals surface area contributed by atoms with Crippen LogP contribution in [0, 0.1) is 13.8 Å². The van der Waals surface area contributed by atoms with Crippen LogP contribution < -0.4 is 5.32 Å². The molecule has 0 fully saturated rings. The Labute approximate surface area is 159 Å². The van der Waals surface area contributed by atoms with E-state index in [0.717, 1.165) is 5.69 Å². The first-order valence-electron chi connectivity index (χ1n) is 8.48. The number of fused-ring (bicyclic) bond motifs is 1. The number of hydrogen-bond donors (Lipinski definition) is 1. The van der Waals surface area contributed by atoms with E-state index in [1.165, 1.54) is 4.88 Å². The maximum absolute atomic E-state index is 12.9. The third-order valence-corrected chi connectivity index (χ3v) is 4.99. The van der Waals surface area contributed by atoms with Crippen LogP contribution in [0.4, 0.5) is 0 Å². The van der Waals surface area contributed by atoms with Crippen LogP contribution in [0.5, 0.6) is 0 Å². The highest BCUT2D eigenvalue weighted by molar-refractivity contribution is 7.09. The lowest BCUT2D eigenvalue weighted by Gasteiger charge is -2.11. The van der Waals surface area contributed by atoms with Gasteiger partial charge in [0.05, 0.1) is 23.7 Å². The summed E-state index contributed by atoms with van der Waals surface area (Å²) < 4.78 is 6.95. The van der Waals surface area contributed by atoms with Gasteiger partial charge in [-0.2, -0.15) is 10.1 Å². The Balaban J connectivity index is 1.64. The van der Waals surface area contributed by atoms with Gasteiger partial charge in [0, 0.05) is 10.6 Å². The van der Waals surface area contributed by atoms with Crippen molar-refractivity contribution in [2.24, 2.45) is 0 Å². The van der Waals surface area contributed by atoms with Crippen LogP contribution >= 0.6 is 11.3 Å². The van der Waals surface area contributed by atoms with Gasteiger partial charge in [-0.3, -0.25) is 4.79 Å². The quantitative estimate of drug-likeness (QED) is 0.570. The molecular weight excluding hydrogens is 364 g/mol. The van der Waals surface area contributed by atoms with Crippen molar-refractivity contribution < 1.29 is 9.32 Å². The highest BCUT2D eigenvalue weighted by atomic mass is 32.1. The summed E-state index contributed by atoms with van der Waals surface area (Å²) in [6, 6.07) is 5.42. The van der Waals surface area contributed by atoms with Crippen molar-refractivity contribution in [3.8, 4) is 0 Å². The zero-order chi connectivity index (χ0) is 19.0. The molecule has 0 spiro atoms. The van der Waals surface area contributed by atoms with Crippen LogP contribution in [0.2, 0.25) is 0 Å². The van der Waals surface area contributed by atoms with Gasteiger partial charge < -0.3 is 9.84 Å². The van der Waals surface area contributed by atoms with Crippen LogP contribution in [-0.2, 0) is 6.54 Å². The molecule has 4 rings (SSSR count). The minimum absolute atomic E-state index is 0.232. The van der Waals surface area contributed by atoms with Gasteiger partial charge in [0.2, 0.25) is 5.89 Å². The van der Waals surface area contributed by atoms with Gasteiger partial charge in [0.15, 0.2) is 11.5 Å². The number of amides is 1. The lowest BCUT2D eigenvalue weighted by Crippen LogP contribution is -2.27. The number of rotatable bonds is 5. The number of carbonyl (C=O) groups excluding carboxylic acids is 1. The molecule has 9 heteroatoms. The van der Waals surface area contributed by atoms with Gasteiger partial charge >= 0.3 is 0 Å². The maximum Gasteiger partial charge on any atom is 0.252 e. The summed E-state index contributed by atoms with van der Waals surface area (Å²) in [6.07, 6.45) is 1.69. The van der Waals surface area contributed by atoms with E-state index in [9.17, 15) is 4.79 Å². The normalized spacial score (nSPS) is 12.4. The fraction of sp³-hybridized carbons (Fsp3) is 0.278. The number of aryl methyl sites for hydroxylation is 2. The first-order valence-corrected chi connectivity index (χ1v) is 9.36. The molecule has 1 N–H and O–H groups in total. The lowest BCUT2D eigenvalue weighted by atomic mass is 10.1. The van der Waals surface area contributed by atoms with E-state index in [1.807, 2.05) is 23.1 Å². The van der Waals surface area contributed by atoms with E-state index in [0.29, 0.717) is 34.9 Å². The molecule has 0 radical (unpaired) electrons. The molecule has 0 bridgehead atoms. The second-order valence-electron chi connectivity index (χ2n) is 6.31. The van der Waals surface area contributed by atoms with Crippen molar-refractivity contribution in [1.29, 1.82) is 0 Å². The maximum atomic E-state index is 12.9. The average Bonchev–Trinajstić information content (AvgIpc) is 3.37. The molecule has 1 unspecified atom stereocenters. The molecule has 0 saturated carbocycles.